The topological polar surface area (TPSA) is 41.1 Å². The number of halogens is 1. The summed E-state index contributed by atoms with van der Waals surface area (Å²) in [5.74, 6) is 0.00861. The van der Waals surface area contributed by atoms with E-state index >= 15 is 0 Å². The van der Waals surface area contributed by atoms with Crippen LogP contribution in [0.3, 0.4) is 0 Å². The number of nitrogens with one attached hydrogen (secondary N) is 2. The van der Waals surface area contributed by atoms with E-state index in [4.69, 9.17) is 0 Å². The Labute approximate surface area is 116 Å². The average Bonchev–Trinajstić information content (AvgIpc) is 2.38. The van der Waals surface area contributed by atoms with Gasteiger partial charge in [0.2, 0.25) is 0 Å². The van der Waals surface area contributed by atoms with Crippen molar-refractivity contribution in [2.45, 2.75) is 19.8 Å². The van der Waals surface area contributed by atoms with Crippen LogP contribution in [-0.2, 0) is 0 Å². The molecule has 98 valence electrons. The molecule has 4 heteroatoms. The van der Waals surface area contributed by atoms with E-state index < -0.39 is 0 Å². The second kappa shape index (κ2) is 5.85. The van der Waals surface area contributed by atoms with Gasteiger partial charge in [0.15, 0.2) is 0 Å². The summed E-state index contributed by atoms with van der Waals surface area (Å²) in [7, 11) is 0. The fraction of sp³-hybridized carbons (Fsp3) is 0.500. The average molecular weight is 311 g/mol. The first-order valence-corrected chi connectivity index (χ1v) is 7.13. The smallest absolute Gasteiger partial charge is 0.251 e. The minimum Gasteiger partial charge on any atom is -0.351 e. The zero-order valence-electron chi connectivity index (χ0n) is 10.6. The van der Waals surface area contributed by atoms with E-state index in [-0.39, 0.29) is 11.3 Å². The summed E-state index contributed by atoms with van der Waals surface area (Å²) in [6, 6.07) is 7.44. The van der Waals surface area contributed by atoms with Gasteiger partial charge in [0.1, 0.15) is 0 Å². The molecule has 0 saturated carbocycles. The Bertz CT molecular complexity index is 410. The molecule has 1 saturated heterocycles. The Hall–Kier alpha value is -0.870. The van der Waals surface area contributed by atoms with E-state index in [1.807, 2.05) is 24.3 Å². The number of amides is 1. The van der Waals surface area contributed by atoms with Crippen molar-refractivity contribution in [1.29, 1.82) is 0 Å². The van der Waals surface area contributed by atoms with Crippen LogP contribution in [-0.4, -0.2) is 25.5 Å². The van der Waals surface area contributed by atoms with Gasteiger partial charge in [0.25, 0.3) is 5.91 Å². The monoisotopic (exact) mass is 310 g/mol. The Balaban J connectivity index is 1.89. The van der Waals surface area contributed by atoms with Gasteiger partial charge < -0.3 is 10.6 Å². The number of carbonyl (C=O) groups excluding carboxylic acids is 1. The molecule has 1 heterocycles. The first-order valence-electron chi connectivity index (χ1n) is 6.34. The maximum Gasteiger partial charge on any atom is 0.251 e. The lowest BCUT2D eigenvalue weighted by molar-refractivity contribution is 0.0924. The van der Waals surface area contributed by atoms with Gasteiger partial charge >= 0.3 is 0 Å². The number of rotatable bonds is 3. The molecule has 1 fully saturated rings. The summed E-state index contributed by atoms with van der Waals surface area (Å²) in [4.78, 5) is 12.0. The Kier molecular flexibility index (Phi) is 4.40. The Morgan fingerprint density at radius 1 is 1.44 bits per heavy atom. The van der Waals surface area contributed by atoms with Gasteiger partial charge in [0.05, 0.1) is 0 Å². The summed E-state index contributed by atoms with van der Waals surface area (Å²) in [5.41, 5.74) is 0.897. The van der Waals surface area contributed by atoms with Crippen LogP contribution in [0, 0.1) is 5.41 Å². The highest BCUT2D eigenvalue weighted by Gasteiger charge is 2.27. The van der Waals surface area contributed by atoms with Gasteiger partial charge in [-0.1, -0.05) is 22.9 Å². The van der Waals surface area contributed by atoms with Crippen LogP contribution in [0.15, 0.2) is 28.7 Å². The van der Waals surface area contributed by atoms with Crippen molar-refractivity contribution in [1.82, 2.24) is 10.6 Å². The van der Waals surface area contributed by atoms with E-state index in [0.29, 0.717) is 5.56 Å². The predicted octanol–water partition coefficient (Wildman–Crippen LogP) is 2.57. The highest BCUT2D eigenvalue weighted by Crippen LogP contribution is 2.24. The van der Waals surface area contributed by atoms with Gasteiger partial charge in [-0.2, -0.15) is 0 Å². The number of carbonyl (C=O) groups is 1. The van der Waals surface area contributed by atoms with Crippen molar-refractivity contribution < 1.29 is 4.79 Å². The molecule has 0 spiro atoms. The number of benzene rings is 1. The van der Waals surface area contributed by atoms with Crippen LogP contribution in [0.4, 0.5) is 0 Å². The van der Waals surface area contributed by atoms with Gasteiger partial charge in [-0.15, -0.1) is 0 Å². The number of piperidine rings is 1. The molecule has 18 heavy (non-hydrogen) atoms. The molecule has 0 radical (unpaired) electrons. The number of hydrogen-bond acceptors (Lipinski definition) is 2. The van der Waals surface area contributed by atoms with Crippen molar-refractivity contribution in [2.75, 3.05) is 19.6 Å². The molecular formula is C14H19BrN2O. The van der Waals surface area contributed by atoms with E-state index in [1.165, 1.54) is 12.8 Å². The summed E-state index contributed by atoms with van der Waals surface area (Å²) in [6.07, 6.45) is 2.35. The van der Waals surface area contributed by atoms with E-state index in [9.17, 15) is 4.79 Å². The molecule has 1 unspecified atom stereocenters. The molecule has 1 aromatic rings. The third-order valence-corrected chi connectivity index (χ3v) is 4.00. The van der Waals surface area contributed by atoms with Gasteiger partial charge in [-0.25, -0.2) is 0 Å². The van der Waals surface area contributed by atoms with Crippen LogP contribution in [0.25, 0.3) is 0 Å². The van der Waals surface area contributed by atoms with Crippen LogP contribution < -0.4 is 10.6 Å². The lowest BCUT2D eigenvalue weighted by Crippen LogP contribution is -2.45. The molecule has 1 amide bonds. The lowest BCUT2D eigenvalue weighted by Gasteiger charge is -2.34. The molecule has 2 rings (SSSR count). The predicted molar refractivity (Wildman–Crippen MR) is 76.7 cm³/mol. The molecule has 1 aliphatic rings. The van der Waals surface area contributed by atoms with Gasteiger partial charge in [-0.05, 0) is 49.1 Å². The van der Waals surface area contributed by atoms with Crippen LogP contribution in [0.1, 0.15) is 30.1 Å². The van der Waals surface area contributed by atoms with Gasteiger partial charge in [0, 0.05) is 23.1 Å². The molecule has 3 nitrogen and oxygen atoms in total. The Morgan fingerprint density at radius 3 is 2.78 bits per heavy atom. The van der Waals surface area contributed by atoms with E-state index in [0.717, 1.165) is 24.1 Å². The molecular weight excluding hydrogens is 292 g/mol. The molecule has 1 aromatic carbocycles. The second-order valence-electron chi connectivity index (χ2n) is 5.28. The van der Waals surface area contributed by atoms with Crippen LogP contribution >= 0.6 is 15.9 Å². The van der Waals surface area contributed by atoms with Crippen molar-refractivity contribution in [2.24, 2.45) is 5.41 Å². The zero-order valence-corrected chi connectivity index (χ0v) is 12.2. The molecule has 1 aliphatic heterocycles. The zero-order chi connectivity index (χ0) is 13.0. The third kappa shape index (κ3) is 3.56. The normalized spacial score (nSPS) is 23.7. The van der Waals surface area contributed by atoms with Crippen molar-refractivity contribution in [3.05, 3.63) is 34.3 Å². The van der Waals surface area contributed by atoms with Crippen LogP contribution in [0.5, 0.6) is 0 Å². The quantitative estimate of drug-likeness (QED) is 0.901. The first kappa shape index (κ1) is 13.6. The van der Waals surface area contributed by atoms with Crippen molar-refractivity contribution in [3.63, 3.8) is 0 Å². The minimum atomic E-state index is 0.00861. The largest absolute Gasteiger partial charge is 0.351 e. The third-order valence-electron chi connectivity index (χ3n) is 3.47. The first-order chi connectivity index (χ1) is 8.59. The summed E-state index contributed by atoms with van der Waals surface area (Å²) in [6.45, 7) is 5.03. The molecule has 1 atom stereocenters. The standard InChI is InChI=1S/C14H19BrN2O/c1-14(7-2-8-16-9-14)10-17-13(18)11-3-5-12(15)6-4-11/h3-6,16H,2,7-10H2,1H3,(H,17,18). The number of hydrogen-bond donors (Lipinski definition) is 2. The summed E-state index contributed by atoms with van der Waals surface area (Å²) < 4.78 is 0.988. The maximum absolute atomic E-state index is 12.0. The molecule has 0 aliphatic carbocycles. The molecule has 0 aromatic heterocycles. The van der Waals surface area contributed by atoms with Crippen LogP contribution in [0.2, 0.25) is 0 Å². The Morgan fingerprint density at radius 2 is 2.17 bits per heavy atom. The highest BCUT2D eigenvalue weighted by atomic mass is 79.9. The molecule has 2 N–H and O–H groups in total. The maximum atomic E-state index is 12.0. The SMILES string of the molecule is CC1(CNC(=O)c2ccc(Br)cc2)CCCNC1. The van der Waals surface area contributed by atoms with E-state index in [1.54, 1.807) is 0 Å². The fourth-order valence-corrected chi connectivity index (χ4v) is 2.53. The summed E-state index contributed by atoms with van der Waals surface area (Å²) >= 11 is 3.36. The summed E-state index contributed by atoms with van der Waals surface area (Å²) in [5, 5.41) is 6.42. The second-order valence-corrected chi connectivity index (χ2v) is 6.20. The fourth-order valence-electron chi connectivity index (χ4n) is 2.27. The van der Waals surface area contributed by atoms with Crippen molar-refractivity contribution in [3.8, 4) is 0 Å². The lowest BCUT2D eigenvalue weighted by atomic mass is 9.83. The molecule has 0 bridgehead atoms. The van der Waals surface area contributed by atoms with Gasteiger partial charge in [-0.3, -0.25) is 4.79 Å². The highest BCUT2D eigenvalue weighted by molar-refractivity contribution is 9.10. The van der Waals surface area contributed by atoms with Crippen molar-refractivity contribution >= 4 is 21.8 Å². The minimum absolute atomic E-state index is 0.00861. The van der Waals surface area contributed by atoms with E-state index in [2.05, 4.69) is 33.5 Å².